The molecule has 4 rings (SSSR count). The van der Waals surface area contributed by atoms with Crippen molar-refractivity contribution in [2.75, 3.05) is 6.54 Å². The molecule has 1 aromatic carbocycles. The number of H-pyrrole nitrogens is 1. The van der Waals surface area contributed by atoms with Gasteiger partial charge in [0.05, 0.1) is 16.8 Å². The molecule has 0 unspecified atom stereocenters. The first-order valence-electron chi connectivity index (χ1n) is 8.24. The Morgan fingerprint density at radius 3 is 2.52 bits per heavy atom. The van der Waals surface area contributed by atoms with Crippen molar-refractivity contribution in [1.29, 1.82) is 0 Å². The van der Waals surface area contributed by atoms with Gasteiger partial charge >= 0.3 is 0 Å². The Kier molecular flexibility index (Phi) is 4.44. The average molecular weight is 373 g/mol. The van der Waals surface area contributed by atoms with E-state index in [-0.39, 0.29) is 18.6 Å². The number of hydrogen-bond donors (Lipinski definition) is 1. The zero-order valence-corrected chi connectivity index (χ0v) is 14.0. The van der Waals surface area contributed by atoms with Crippen LogP contribution in [0, 0.1) is 17.5 Å². The molecule has 9 heteroatoms. The van der Waals surface area contributed by atoms with Gasteiger partial charge in [0.25, 0.3) is 5.56 Å². The van der Waals surface area contributed by atoms with Crippen LogP contribution in [0.25, 0.3) is 11.4 Å². The summed E-state index contributed by atoms with van der Waals surface area (Å²) in [5, 5.41) is 0. The van der Waals surface area contributed by atoms with E-state index in [4.69, 9.17) is 0 Å². The first-order chi connectivity index (χ1) is 13.0. The summed E-state index contributed by atoms with van der Waals surface area (Å²) in [4.78, 5) is 29.4. The fraction of sp³-hybridized carbons (Fsp3) is 0.222. The lowest BCUT2D eigenvalue weighted by Crippen LogP contribution is -2.35. The maximum Gasteiger partial charge on any atom is 0.255 e. The van der Waals surface area contributed by atoms with Crippen LogP contribution in [0.15, 0.2) is 35.6 Å². The van der Waals surface area contributed by atoms with Crippen LogP contribution < -0.4 is 5.56 Å². The van der Waals surface area contributed by atoms with Crippen molar-refractivity contribution >= 4 is 0 Å². The molecule has 1 aliphatic heterocycles. The summed E-state index contributed by atoms with van der Waals surface area (Å²) >= 11 is 0. The van der Waals surface area contributed by atoms with E-state index in [9.17, 15) is 18.0 Å². The molecule has 1 N–H and O–H groups in total. The SMILES string of the molecule is O=c1[nH]c(-c2cncnc2)nc2c1CN(Cc1cc(F)c(F)c(F)c1)CC2. The highest BCUT2D eigenvalue weighted by Crippen LogP contribution is 2.21. The van der Waals surface area contributed by atoms with Crippen molar-refractivity contribution in [3.05, 3.63) is 75.5 Å². The molecule has 0 bridgehead atoms. The Balaban J connectivity index is 1.58. The highest BCUT2D eigenvalue weighted by Gasteiger charge is 2.22. The van der Waals surface area contributed by atoms with Gasteiger partial charge in [0.2, 0.25) is 0 Å². The molecule has 0 radical (unpaired) electrons. The molecule has 0 saturated carbocycles. The molecule has 6 nitrogen and oxygen atoms in total. The smallest absolute Gasteiger partial charge is 0.255 e. The molecule has 1 aliphatic rings. The van der Waals surface area contributed by atoms with E-state index in [0.29, 0.717) is 41.2 Å². The molecule has 0 atom stereocenters. The van der Waals surface area contributed by atoms with E-state index in [1.165, 1.54) is 6.33 Å². The van der Waals surface area contributed by atoms with Gasteiger partial charge in [0.15, 0.2) is 17.5 Å². The predicted molar refractivity (Wildman–Crippen MR) is 90.0 cm³/mol. The van der Waals surface area contributed by atoms with Gasteiger partial charge < -0.3 is 4.98 Å². The lowest BCUT2D eigenvalue weighted by molar-refractivity contribution is 0.241. The summed E-state index contributed by atoms with van der Waals surface area (Å²) in [5.41, 5.74) is 1.81. The Bertz CT molecular complexity index is 1030. The molecule has 3 aromatic rings. The van der Waals surface area contributed by atoms with Crippen molar-refractivity contribution in [2.45, 2.75) is 19.5 Å². The minimum Gasteiger partial charge on any atom is -0.306 e. The molecule has 0 spiro atoms. The number of aromatic amines is 1. The van der Waals surface area contributed by atoms with Crippen LogP contribution in [0.1, 0.15) is 16.8 Å². The Labute approximate surface area is 151 Å². The number of nitrogens with zero attached hydrogens (tertiary/aromatic N) is 4. The third-order valence-corrected chi connectivity index (χ3v) is 4.43. The number of fused-ring (bicyclic) bond motifs is 1. The molecule has 0 fully saturated rings. The van der Waals surface area contributed by atoms with Gasteiger partial charge in [0.1, 0.15) is 12.2 Å². The zero-order chi connectivity index (χ0) is 19.0. The third kappa shape index (κ3) is 3.45. The summed E-state index contributed by atoms with van der Waals surface area (Å²) in [6, 6.07) is 1.93. The van der Waals surface area contributed by atoms with Crippen LogP contribution in [0.2, 0.25) is 0 Å². The van der Waals surface area contributed by atoms with E-state index in [2.05, 4.69) is 19.9 Å². The molecule has 138 valence electrons. The number of nitrogens with one attached hydrogen (secondary N) is 1. The molecular weight excluding hydrogens is 359 g/mol. The fourth-order valence-electron chi connectivity index (χ4n) is 3.13. The van der Waals surface area contributed by atoms with Crippen LogP contribution in [-0.2, 0) is 19.5 Å². The number of rotatable bonds is 3. The van der Waals surface area contributed by atoms with Crippen LogP contribution in [0.3, 0.4) is 0 Å². The van der Waals surface area contributed by atoms with Gasteiger partial charge in [0, 0.05) is 38.4 Å². The van der Waals surface area contributed by atoms with Crippen LogP contribution in [0.5, 0.6) is 0 Å². The Morgan fingerprint density at radius 1 is 1.11 bits per heavy atom. The summed E-state index contributed by atoms with van der Waals surface area (Å²) in [7, 11) is 0. The number of halogens is 3. The van der Waals surface area contributed by atoms with E-state index < -0.39 is 17.5 Å². The molecule has 0 amide bonds. The summed E-state index contributed by atoms with van der Waals surface area (Å²) < 4.78 is 39.9. The van der Waals surface area contributed by atoms with Gasteiger partial charge in [-0.3, -0.25) is 9.69 Å². The van der Waals surface area contributed by atoms with E-state index >= 15 is 0 Å². The first-order valence-corrected chi connectivity index (χ1v) is 8.24. The molecule has 0 saturated heterocycles. The second-order valence-corrected chi connectivity index (χ2v) is 6.30. The monoisotopic (exact) mass is 373 g/mol. The molecular formula is C18H14F3N5O. The van der Waals surface area contributed by atoms with E-state index in [1.807, 2.05) is 4.90 Å². The van der Waals surface area contributed by atoms with Gasteiger partial charge in [-0.1, -0.05) is 0 Å². The zero-order valence-electron chi connectivity index (χ0n) is 14.0. The fourth-order valence-corrected chi connectivity index (χ4v) is 3.13. The van der Waals surface area contributed by atoms with Crippen LogP contribution in [-0.4, -0.2) is 31.4 Å². The van der Waals surface area contributed by atoms with Crippen molar-refractivity contribution in [1.82, 2.24) is 24.8 Å². The third-order valence-electron chi connectivity index (χ3n) is 4.43. The predicted octanol–water partition coefficient (Wildman–Crippen LogP) is 2.20. The second kappa shape index (κ2) is 6.92. The topological polar surface area (TPSA) is 74.8 Å². The largest absolute Gasteiger partial charge is 0.306 e. The second-order valence-electron chi connectivity index (χ2n) is 6.30. The van der Waals surface area contributed by atoms with Gasteiger partial charge in [-0.15, -0.1) is 0 Å². The number of aromatic nitrogens is 4. The number of hydrogen-bond acceptors (Lipinski definition) is 5. The number of benzene rings is 1. The summed E-state index contributed by atoms with van der Waals surface area (Å²) in [6.45, 7) is 1.03. The maximum absolute atomic E-state index is 13.4. The molecule has 3 heterocycles. The Hall–Kier alpha value is -3.07. The van der Waals surface area contributed by atoms with E-state index in [1.54, 1.807) is 12.4 Å². The standard InChI is InChI=1S/C18H14F3N5O/c19-13-3-10(4-14(20)16(13)21)7-26-2-1-15-12(8-26)18(27)25-17(24-15)11-5-22-9-23-6-11/h3-6,9H,1-2,7-8H2,(H,24,25,27). The van der Waals surface area contributed by atoms with Crippen molar-refractivity contribution < 1.29 is 13.2 Å². The summed E-state index contributed by atoms with van der Waals surface area (Å²) in [5.74, 6) is -3.54. The van der Waals surface area contributed by atoms with Gasteiger partial charge in [-0.2, -0.15) is 0 Å². The van der Waals surface area contributed by atoms with Crippen molar-refractivity contribution in [2.24, 2.45) is 0 Å². The quantitative estimate of drug-likeness (QED) is 0.713. The highest BCUT2D eigenvalue weighted by molar-refractivity contribution is 5.52. The Morgan fingerprint density at radius 2 is 1.81 bits per heavy atom. The van der Waals surface area contributed by atoms with Gasteiger partial charge in [-0.25, -0.2) is 28.1 Å². The molecule has 0 aliphatic carbocycles. The maximum atomic E-state index is 13.4. The first kappa shape index (κ1) is 17.3. The van der Waals surface area contributed by atoms with Crippen LogP contribution in [0.4, 0.5) is 13.2 Å². The van der Waals surface area contributed by atoms with Crippen molar-refractivity contribution in [3.63, 3.8) is 0 Å². The minimum atomic E-state index is -1.49. The van der Waals surface area contributed by atoms with Gasteiger partial charge in [-0.05, 0) is 17.7 Å². The van der Waals surface area contributed by atoms with E-state index in [0.717, 1.165) is 12.1 Å². The van der Waals surface area contributed by atoms with Crippen LogP contribution >= 0.6 is 0 Å². The normalized spacial score (nSPS) is 14.2. The lowest BCUT2D eigenvalue weighted by Gasteiger charge is -2.27. The van der Waals surface area contributed by atoms with Crippen molar-refractivity contribution in [3.8, 4) is 11.4 Å². The minimum absolute atomic E-state index is 0.196. The molecule has 2 aromatic heterocycles. The highest BCUT2D eigenvalue weighted by atomic mass is 19.2. The average Bonchev–Trinajstić information content (AvgIpc) is 2.67. The summed E-state index contributed by atoms with van der Waals surface area (Å²) in [6.07, 6.45) is 5.01. The molecule has 27 heavy (non-hydrogen) atoms. The lowest BCUT2D eigenvalue weighted by atomic mass is 10.1.